The number of hydrogen-bond donors (Lipinski definition) is 1. The maximum absolute atomic E-state index is 12.4. The molecule has 0 radical (unpaired) electrons. The second-order valence-electron chi connectivity index (χ2n) is 4.81. The summed E-state index contributed by atoms with van der Waals surface area (Å²) in [4.78, 5) is 16.2. The van der Waals surface area contributed by atoms with Gasteiger partial charge in [-0.05, 0) is 32.0 Å². The highest BCUT2D eigenvalue weighted by molar-refractivity contribution is 5.92. The SMILES string of the molecule is Cc1cccc(CC(C)NC(=O)c2ccn(C(F)F)n2)n1. The van der Waals surface area contributed by atoms with Gasteiger partial charge in [-0.2, -0.15) is 13.9 Å². The summed E-state index contributed by atoms with van der Waals surface area (Å²) >= 11 is 0. The third kappa shape index (κ3) is 4.08. The Morgan fingerprint density at radius 2 is 2.14 bits per heavy atom. The van der Waals surface area contributed by atoms with Crippen molar-refractivity contribution < 1.29 is 13.6 Å². The molecule has 1 unspecified atom stereocenters. The zero-order valence-corrected chi connectivity index (χ0v) is 11.8. The Morgan fingerprint density at radius 3 is 2.76 bits per heavy atom. The van der Waals surface area contributed by atoms with Gasteiger partial charge in [0.2, 0.25) is 0 Å². The number of carbonyl (C=O) groups excluding carboxylic acids is 1. The zero-order valence-electron chi connectivity index (χ0n) is 11.8. The average Bonchev–Trinajstić information content (AvgIpc) is 2.88. The number of hydrogen-bond acceptors (Lipinski definition) is 3. The number of alkyl halides is 2. The predicted molar refractivity (Wildman–Crippen MR) is 73.1 cm³/mol. The first-order chi connectivity index (χ1) is 9.95. The van der Waals surface area contributed by atoms with Gasteiger partial charge in [0.1, 0.15) is 5.69 Å². The summed E-state index contributed by atoms with van der Waals surface area (Å²) in [6.07, 6.45) is 1.63. The van der Waals surface area contributed by atoms with E-state index in [1.54, 1.807) is 0 Å². The van der Waals surface area contributed by atoms with E-state index in [1.807, 2.05) is 32.0 Å². The number of aromatic nitrogens is 3. The normalized spacial score (nSPS) is 12.4. The van der Waals surface area contributed by atoms with Gasteiger partial charge in [-0.15, -0.1) is 0 Å². The maximum Gasteiger partial charge on any atom is 0.333 e. The molecule has 0 bridgehead atoms. The number of halogens is 2. The van der Waals surface area contributed by atoms with E-state index in [9.17, 15) is 13.6 Å². The Balaban J connectivity index is 1.95. The van der Waals surface area contributed by atoms with Crippen molar-refractivity contribution in [1.29, 1.82) is 0 Å². The summed E-state index contributed by atoms with van der Waals surface area (Å²) in [7, 11) is 0. The molecule has 0 aliphatic heterocycles. The first kappa shape index (κ1) is 15.1. The third-order valence-electron chi connectivity index (χ3n) is 2.88. The molecule has 7 heteroatoms. The molecular weight excluding hydrogens is 278 g/mol. The van der Waals surface area contributed by atoms with Crippen molar-refractivity contribution in [1.82, 2.24) is 20.1 Å². The number of pyridine rings is 1. The Hall–Kier alpha value is -2.31. The van der Waals surface area contributed by atoms with E-state index < -0.39 is 12.5 Å². The fraction of sp³-hybridized carbons (Fsp3) is 0.357. The molecule has 1 atom stereocenters. The van der Waals surface area contributed by atoms with Crippen LogP contribution in [0.5, 0.6) is 0 Å². The lowest BCUT2D eigenvalue weighted by atomic mass is 10.1. The third-order valence-corrected chi connectivity index (χ3v) is 2.88. The Labute approximate surface area is 121 Å². The molecule has 1 N–H and O–H groups in total. The lowest BCUT2D eigenvalue weighted by Gasteiger charge is -2.12. The minimum atomic E-state index is -2.75. The lowest BCUT2D eigenvalue weighted by Crippen LogP contribution is -2.34. The highest BCUT2D eigenvalue weighted by Gasteiger charge is 2.15. The Kier molecular flexibility index (Phi) is 4.62. The van der Waals surface area contributed by atoms with Crippen LogP contribution >= 0.6 is 0 Å². The largest absolute Gasteiger partial charge is 0.348 e. The van der Waals surface area contributed by atoms with Crippen molar-refractivity contribution >= 4 is 5.91 Å². The van der Waals surface area contributed by atoms with Gasteiger partial charge in [-0.1, -0.05) is 6.07 Å². The molecule has 2 rings (SSSR count). The van der Waals surface area contributed by atoms with E-state index in [0.29, 0.717) is 11.1 Å². The highest BCUT2D eigenvalue weighted by atomic mass is 19.3. The minimum absolute atomic E-state index is 0.0284. The van der Waals surface area contributed by atoms with Crippen LogP contribution < -0.4 is 5.32 Å². The van der Waals surface area contributed by atoms with E-state index in [-0.39, 0.29) is 11.7 Å². The van der Waals surface area contributed by atoms with Gasteiger partial charge in [0.25, 0.3) is 5.91 Å². The van der Waals surface area contributed by atoms with E-state index in [2.05, 4.69) is 15.4 Å². The van der Waals surface area contributed by atoms with Crippen LogP contribution in [0.3, 0.4) is 0 Å². The van der Waals surface area contributed by atoms with Crippen LogP contribution in [-0.2, 0) is 6.42 Å². The van der Waals surface area contributed by atoms with E-state index in [0.717, 1.165) is 17.6 Å². The number of amides is 1. The van der Waals surface area contributed by atoms with Crippen LogP contribution in [0.2, 0.25) is 0 Å². The van der Waals surface area contributed by atoms with Crippen LogP contribution in [0.1, 0.15) is 35.3 Å². The summed E-state index contributed by atoms with van der Waals surface area (Å²) in [6.45, 7) is 0.968. The van der Waals surface area contributed by atoms with Crippen LogP contribution in [0.15, 0.2) is 30.5 Å². The maximum atomic E-state index is 12.4. The lowest BCUT2D eigenvalue weighted by molar-refractivity contribution is 0.0559. The fourth-order valence-electron chi connectivity index (χ4n) is 1.94. The van der Waals surface area contributed by atoms with E-state index in [1.165, 1.54) is 6.07 Å². The molecule has 0 spiro atoms. The molecule has 0 fully saturated rings. The molecule has 1 amide bonds. The fourth-order valence-corrected chi connectivity index (χ4v) is 1.94. The molecule has 21 heavy (non-hydrogen) atoms. The topological polar surface area (TPSA) is 59.8 Å². The van der Waals surface area contributed by atoms with Gasteiger partial charge in [-0.3, -0.25) is 9.78 Å². The summed E-state index contributed by atoms with van der Waals surface area (Å²) in [5.41, 5.74) is 1.74. The summed E-state index contributed by atoms with van der Waals surface area (Å²) in [5, 5.41) is 6.24. The van der Waals surface area contributed by atoms with Crippen LogP contribution in [0.4, 0.5) is 8.78 Å². The molecule has 0 aliphatic carbocycles. The minimum Gasteiger partial charge on any atom is -0.348 e. The van der Waals surface area contributed by atoms with Gasteiger partial charge in [0.05, 0.1) is 0 Å². The number of nitrogens with zero attached hydrogens (tertiary/aromatic N) is 3. The van der Waals surface area contributed by atoms with Crippen LogP contribution in [0, 0.1) is 6.92 Å². The van der Waals surface area contributed by atoms with Crippen molar-refractivity contribution in [2.24, 2.45) is 0 Å². The Bertz CT molecular complexity index is 627. The quantitative estimate of drug-likeness (QED) is 0.920. The van der Waals surface area contributed by atoms with Gasteiger partial charge in [0.15, 0.2) is 0 Å². The van der Waals surface area contributed by atoms with E-state index in [4.69, 9.17) is 0 Å². The molecule has 2 heterocycles. The van der Waals surface area contributed by atoms with Crippen LogP contribution in [-0.4, -0.2) is 26.7 Å². The molecule has 5 nitrogen and oxygen atoms in total. The average molecular weight is 294 g/mol. The predicted octanol–water partition coefficient (Wildman–Crippen LogP) is 2.34. The standard InChI is InChI=1S/C14H16F2N4O/c1-9-4-3-5-11(17-9)8-10(2)18-13(21)12-6-7-20(19-12)14(15)16/h3-7,10,14H,8H2,1-2H3,(H,18,21). The van der Waals surface area contributed by atoms with Crippen LogP contribution in [0.25, 0.3) is 0 Å². The van der Waals surface area contributed by atoms with Gasteiger partial charge < -0.3 is 5.32 Å². The smallest absolute Gasteiger partial charge is 0.333 e. The van der Waals surface area contributed by atoms with Gasteiger partial charge >= 0.3 is 6.55 Å². The summed E-state index contributed by atoms with van der Waals surface area (Å²) < 4.78 is 25.2. The molecule has 0 aliphatic rings. The molecule has 0 saturated carbocycles. The number of carbonyl (C=O) groups is 1. The van der Waals surface area contributed by atoms with Crippen molar-refractivity contribution in [3.8, 4) is 0 Å². The second-order valence-corrected chi connectivity index (χ2v) is 4.81. The number of nitrogens with one attached hydrogen (secondary N) is 1. The molecule has 0 aromatic carbocycles. The van der Waals surface area contributed by atoms with E-state index >= 15 is 0 Å². The van der Waals surface area contributed by atoms with Crippen molar-refractivity contribution in [3.05, 3.63) is 47.5 Å². The van der Waals surface area contributed by atoms with Crippen molar-refractivity contribution in [2.75, 3.05) is 0 Å². The molecule has 112 valence electrons. The van der Waals surface area contributed by atoms with Gasteiger partial charge in [-0.25, -0.2) is 4.68 Å². The second kappa shape index (κ2) is 6.43. The first-order valence-corrected chi connectivity index (χ1v) is 6.52. The van der Waals surface area contributed by atoms with Crippen molar-refractivity contribution in [2.45, 2.75) is 32.9 Å². The molecular formula is C14H16F2N4O. The summed E-state index contributed by atoms with van der Waals surface area (Å²) in [6, 6.07) is 6.75. The molecule has 0 saturated heterocycles. The van der Waals surface area contributed by atoms with Gasteiger partial charge in [0, 0.05) is 30.0 Å². The monoisotopic (exact) mass is 294 g/mol. The zero-order chi connectivity index (χ0) is 15.4. The van der Waals surface area contributed by atoms with Crippen molar-refractivity contribution in [3.63, 3.8) is 0 Å². The Morgan fingerprint density at radius 1 is 1.38 bits per heavy atom. The highest BCUT2D eigenvalue weighted by Crippen LogP contribution is 2.09. The molecule has 2 aromatic heterocycles. The summed E-state index contributed by atoms with van der Waals surface area (Å²) in [5.74, 6) is -0.477. The number of aryl methyl sites for hydroxylation is 1. The molecule has 2 aromatic rings. The number of rotatable bonds is 5. The first-order valence-electron chi connectivity index (χ1n) is 6.52.